The SMILES string of the molecule is O=S(=O)(Oc1cccnc1OC(F)(F)F)C(F)(F)F. The molecule has 0 aliphatic carbocycles. The molecule has 0 amide bonds. The molecule has 0 unspecified atom stereocenters. The average molecular weight is 311 g/mol. The van der Waals surface area contributed by atoms with Crippen LogP contribution in [0.25, 0.3) is 0 Å². The van der Waals surface area contributed by atoms with Crippen LogP contribution >= 0.6 is 0 Å². The van der Waals surface area contributed by atoms with E-state index in [-0.39, 0.29) is 0 Å². The molecule has 0 bridgehead atoms. The Balaban J connectivity index is 3.10. The molecule has 0 spiro atoms. The highest BCUT2D eigenvalue weighted by atomic mass is 32.2. The number of hydrogen-bond donors (Lipinski definition) is 0. The lowest BCUT2D eigenvalue weighted by molar-refractivity contribution is -0.276. The molecule has 1 aromatic heterocycles. The minimum Gasteiger partial charge on any atom is -0.384 e. The summed E-state index contributed by atoms with van der Waals surface area (Å²) in [5.74, 6) is -2.79. The molecule has 0 radical (unpaired) electrons. The molecule has 0 saturated carbocycles. The molecule has 0 N–H and O–H groups in total. The summed E-state index contributed by atoms with van der Waals surface area (Å²) >= 11 is 0. The van der Waals surface area contributed by atoms with E-state index in [2.05, 4.69) is 13.9 Å². The second-order valence-electron chi connectivity index (χ2n) is 2.84. The van der Waals surface area contributed by atoms with Gasteiger partial charge in [0.1, 0.15) is 0 Å². The van der Waals surface area contributed by atoms with Crippen LogP contribution in [0.2, 0.25) is 0 Å². The molecular formula is C7H3F6NO4S. The highest BCUT2D eigenvalue weighted by Crippen LogP contribution is 2.33. The van der Waals surface area contributed by atoms with Gasteiger partial charge < -0.3 is 8.92 Å². The van der Waals surface area contributed by atoms with Gasteiger partial charge in [-0.1, -0.05) is 0 Å². The average Bonchev–Trinajstić information content (AvgIpc) is 2.16. The van der Waals surface area contributed by atoms with E-state index < -0.39 is 33.6 Å². The maximum atomic E-state index is 12.0. The summed E-state index contributed by atoms with van der Waals surface area (Å²) in [5, 5.41) is 0. The van der Waals surface area contributed by atoms with Gasteiger partial charge in [-0.3, -0.25) is 0 Å². The molecule has 0 fully saturated rings. The van der Waals surface area contributed by atoms with Gasteiger partial charge in [0.2, 0.25) is 5.75 Å². The lowest BCUT2D eigenvalue weighted by Gasteiger charge is -2.13. The Morgan fingerprint density at radius 2 is 1.68 bits per heavy atom. The third kappa shape index (κ3) is 4.15. The summed E-state index contributed by atoms with van der Waals surface area (Å²) in [5.41, 5.74) is -5.79. The maximum Gasteiger partial charge on any atom is 0.574 e. The van der Waals surface area contributed by atoms with Gasteiger partial charge in [0, 0.05) is 6.20 Å². The molecular weight excluding hydrogens is 308 g/mol. The van der Waals surface area contributed by atoms with Gasteiger partial charge >= 0.3 is 22.0 Å². The predicted molar refractivity (Wildman–Crippen MR) is 46.5 cm³/mol. The number of ether oxygens (including phenoxy) is 1. The van der Waals surface area contributed by atoms with Crippen molar-refractivity contribution < 1.29 is 43.7 Å². The third-order valence-electron chi connectivity index (χ3n) is 1.43. The Labute approximate surface area is 101 Å². The van der Waals surface area contributed by atoms with Crippen LogP contribution in [0.4, 0.5) is 26.3 Å². The Kier molecular flexibility index (Phi) is 3.84. The van der Waals surface area contributed by atoms with Crippen molar-refractivity contribution in [2.75, 3.05) is 0 Å². The van der Waals surface area contributed by atoms with E-state index in [1.165, 1.54) is 0 Å². The summed E-state index contributed by atoms with van der Waals surface area (Å²) in [6.07, 6.45) is -4.53. The third-order valence-corrected chi connectivity index (χ3v) is 2.40. The Morgan fingerprint density at radius 1 is 1.11 bits per heavy atom. The van der Waals surface area contributed by atoms with E-state index in [9.17, 15) is 34.8 Å². The molecule has 0 saturated heterocycles. The quantitative estimate of drug-likeness (QED) is 0.486. The fourth-order valence-electron chi connectivity index (χ4n) is 0.791. The van der Waals surface area contributed by atoms with Gasteiger partial charge in [0.05, 0.1) is 0 Å². The van der Waals surface area contributed by atoms with E-state index in [1.54, 1.807) is 0 Å². The van der Waals surface area contributed by atoms with Crippen LogP contribution in [0, 0.1) is 0 Å². The highest BCUT2D eigenvalue weighted by molar-refractivity contribution is 7.88. The first-order valence-corrected chi connectivity index (χ1v) is 5.55. The van der Waals surface area contributed by atoms with Gasteiger partial charge in [-0.2, -0.15) is 21.6 Å². The Bertz CT molecular complexity index is 551. The zero-order chi connectivity index (χ0) is 14.9. The van der Waals surface area contributed by atoms with E-state index in [0.717, 1.165) is 12.3 Å². The number of pyridine rings is 1. The van der Waals surface area contributed by atoms with E-state index in [0.29, 0.717) is 6.07 Å². The highest BCUT2D eigenvalue weighted by Gasteiger charge is 2.49. The number of aromatic nitrogens is 1. The molecule has 0 aromatic carbocycles. The van der Waals surface area contributed by atoms with Crippen molar-refractivity contribution in [3.05, 3.63) is 18.3 Å². The van der Waals surface area contributed by atoms with Crippen molar-refractivity contribution in [1.82, 2.24) is 4.98 Å². The van der Waals surface area contributed by atoms with Crippen LogP contribution in [-0.2, 0) is 10.1 Å². The first-order chi connectivity index (χ1) is 8.42. The first-order valence-electron chi connectivity index (χ1n) is 4.14. The number of hydrogen-bond acceptors (Lipinski definition) is 5. The van der Waals surface area contributed by atoms with Crippen molar-refractivity contribution in [1.29, 1.82) is 0 Å². The zero-order valence-corrected chi connectivity index (χ0v) is 9.30. The van der Waals surface area contributed by atoms with Crippen molar-refractivity contribution >= 4 is 10.1 Å². The summed E-state index contributed by atoms with van der Waals surface area (Å²) in [7, 11) is -6.12. The maximum absolute atomic E-state index is 12.0. The summed E-state index contributed by atoms with van der Waals surface area (Å²) in [6.45, 7) is 0. The Morgan fingerprint density at radius 3 is 2.16 bits per heavy atom. The van der Waals surface area contributed by atoms with Crippen LogP contribution in [0.1, 0.15) is 0 Å². The summed E-state index contributed by atoms with van der Waals surface area (Å²) in [6, 6.07) is 1.39. The smallest absolute Gasteiger partial charge is 0.384 e. The van der Waals surface area contributed by atoms with Crippen LogP contribution in [-0.4, -0.2) is 25.3 Å². The topological polar surface area (TPSA) is 65.5 Å². The van der Waals surface area contributed by atoms with Gasteiger partial charge in [0.15, 0.2) is 0 Å². The number of nitrogens with zero attached hydrogens (tertiary/aromatic N) is 1. The normalized spacial score (nSPS) is 13.2. The van der Waals surface area contributed by atoms with Gasteiger partial charge in [0.25, 0.3) is 5.88 Å². The number of alkyl halides is 6. The van der Waals surface area contributed by atoms with E-state index in [1.807, 2.05) is 0 Å². The molecule has 0 atom stereocenters. The summed E-state index contributed by atoms with van der Waals surface area (Å²) in [4.78, 5) is 2.93. The lowest BCUT2D eigenvalue weighted by atomic mass is 10.4. The minimum atomic E-state index is -6.12. The van der Waals surface area contributed by atoms with Crippen molar-refractivity contribution in [3.8, 4) is 11.6 Å². The van der Waals surface area contributed by atoms with E-state index in [4.69, 9.17) is 0 Å². The van der Waals surface area contributed by atoms with Crippen LogP contribution in [0.3, 0.4) is 0 Å². The Hall–Kier alpha value is -1.72. The summed E-state index contributed by atoms with van der Waals surface area (Å²) < 4.78 is 99.7. The molecule has 12 heteroatoms. The van der Waals surface area contributed by atoms with Crippen LogP contribution in [0.5, 0.6) is 11.6 Å². The molecule has 1 heterocycles. The fraction of sp³-hybridized carbons (Fsp3) is 0.286. The molecule has 1 aromatic rings. The van der Waals surface area contributed by atoms with Crippen LogP contribution in [0.15, 0.2) is 18.3 Å². The molecule has 5 nitrogen and oxygen atoms in total. The molecule has 1 rings (SSSR count). The monoisotopic (exact) mass is 311 g/mol. The largest absolute Gasteiger partial charge is 0.574 e. The van der Waals surface area contributed by atoms with Crippen molar-refractivity contribution in [2.24, 2.45) is 0 Å². The molecule has 108 valence electrons. The van der Waals surface area contributed by atoms with Gasteiger partial charge in [-0.25, -0.2) is 4.98 Å². The van der Waals surface area contributed by atoms with Gasteiger partial charge in [-0.05, 0) is 12.1 Å². The second kappa shape index (κ2) is 4.75. The second-order valence-corrected chi connectivity index (χ2v) is 4.38. The standard InChI is InChI=1S/C7H3F6NO4S/c8-6(9,10)17-5-4(2-1-3-14-5)18-19(15,16)7(11,12)13/h1-3H. The van der Waals surface area contributed by atoms with Crippen molar-refractivity contribution in [3.63, 3.8) is 0 Å². The molecule has 0 aliphatic rings. The first kappa shape index (κ1) is 15.3. The molecule has 19 heavy (non-hydrogen) atoms. The van der Waals surface area contributed by atoms with Gasteiger partial charge in [-0.15, -0.1) is 13.2 Å². The van der Waals surface area contributed by atoms with E-state index >= 15 is 0 Å². The molecule has 0 aliphatic heterocycles. The van der Waals surface area contributed by atoms with Crippen molar-refractivity contribution in [2.45, 2.75) is 11.9 Å². The number of rotatable bonds is 3. The fourth-order valence-corrected chi connectivity index (χ4v) is 1.25. The zero-order valence-electron chi connectivity index (χ0n) is 8.49. The lowest BCUT2D eigenvalue weighted by Crippen LogP contribution is -2.28. The van der Waals surface area contributed by atoms with Crippen LogP contribution < -0.4 is 8.92 Å². The number of halogens is 6. The predicted octanol–water partition coefficient (Wildman–Crippen LogP) is 2.21. The minimum absolute atomic E-state index is 0.525.